The first-order valence-electron chi connectivity index (χ1n) is 7.28. The van der Waals surface area contributed by atoms with Gasteiger partial charge >= 0.3 is 0 Å². The van der Waals surface area contributed by atoms with E-state index in [0.717, 1.165) is 4.86 Å². The van der Waals surface area contributed by atoms with E-state index in [1.165, 1.54) is 0 Å². The van der Waals surface area contributed by atoms with E-state index in [1.54, 1.807) is 50.1 Å². The minimum atomic E-state index is -0.250. The van der Waals surface area contributed by atoms with Gasteiger partial charge in [0.1, 0.15) is 12.3 Å². The third-order valence-corrected chi connectivity index (χ3v) is 4.16. The van der Waals surface area contributed by atoms with Crippen molar-refractivity contribution >= 4 is 17.1 Å². The first-order valence-corrected chi connectivity index (χ1v) is 7.69. The zero-order valence-corrected chi connectivity index (χ0v) is 13.4. The molecule has 0 aliphatic heterocycles. The molecule has 0 saturated carbocycles. The van der Waals surface area contributed by atoms with Crippen molar-refractivity contribution < 1.29 is 0 Å². The molecular weight excluding hydrogens is 324 g/mol. The van der Waals surface area contributed by atoms with Gasteiger partial charge in [0, 0.05) is 49.6 Å². The third-order valence-electron chi connectivity index (χ3n) is 3.74. The molecule has 0 spiro atoms. The van der Waals surface area contributed by atoms with Crippen LogP contribution in [0, 0.1) is 0 Å². The van der Waals surface area contributed by atoms with Crippen molar-refractivity contribution in [3.8, 4) is 0 Å². The number of nitrogens with zero attached hydrogens (tertiary/aromatic N) is 8. The van der Waals surface area contributed by atoms with Gasteiger partial charge in [-0.3, -0.25) is 0 Å². The van der Waals surface area contributed by atoms with Crippen LogP contribution in [0.5, 0.6) is 0 Å². The predicted octanol–water partition coefficient (Wildman–Crippen LogP) is 1.64. The lowest BCUT2D eigenvalue weighted by atomic mass is 10.2. The van der Waals surface area contributed by atoms with Crippen molar-refractivity contribution in [1.29, 1.82) is 0 Å². The molecule has 0 N–H and O–H groups in total. The zero-order valence-electron chi connectivity index (χ0n) is 12.6. The Balaban J connectivity index is 1.80. The zero-order chi connectivity index (χ0) is 16.4. The van der Waals surface area contributed by atoms with Gasteiger partial charge in [-0.1, -0.05) is 12.2 Å². The Bertz CT molecular complexity index is 735. The standard InChI is InChI=1S/C15H14N8S/c24-13(14(20-5-1-16-9-20)21-6-2-17-10-21)15(22-7-3-18-11-22)23-8-4-19-12-23/h1-12,14-15H. The molecule has 0 aromatic carbocycles. The van der Waals surface area contributed by atoms with Crippen LogP contribution < -0.4 is 0 Å². The summed E-state index contributed by atoms with van der Waals surface area (Å²) in [6.07, 6.45) is 21.0. The molecule has 8 nitrogen and oxygen atoms in total. The van der Waals surface area contributed by atoms with Gasteiger partial charge in [0.15, 0.2) is 0 Å². The lowest BCUT2D eigenvalue weighted by molar-refractivity contribution is 0.484. The molecule has 0 aliphatic rings. The first kappa shape index (κ1) is 14.5. The molecular formula is C15H14N8S. The summed E-state index contributed by atoms with van der Waals surface area (Å²) in [4.78, 5) is 17.4. The van der Waals surface area contributed by atoms with Gasteiger partial charge in [0.25, 0.3) is 0 Å². The fraction of sp³-hybridized carbons (Fsp3) is 0.133. The van der Waals surface area contributed by atoms with Crippen molar-refractivity contribution in [1.82, 2.24) is 38.2 Å². The Morgan fingerprint density at radius 2 is 0.875 bits per heavy atom. The average Bonchev–Trinajstić information content (AvgIpc) is 3.38. The molecule has 0 amide bonds. The number of rotatable bonds is 6. The number of aromatic nitrogens is 8. The van der Waals surface area contributed by atoms with E-state index in [2.05, 4.69) is 19.9 Å². The maximum absolute atomic E-state index is 5.89. The number of imidazole rings is 4. The largest absolute Gasteiger partial charge is 0.311 e. The molecule has 0 bridgehead atoms. The summed E-state index contributed by atoms with van der Waals surface area (Å²) in [6.45, 7) is 0. The van der Waals surface area contributed by atoms with Crippen LogP contribution in [0.15, 0.2) is 74.9 Å². The smallest absolute Gasteiger partial charge is 0.148 e. The van der Waals surface area contributed by atoms with E-state index in [-0.39, 0.29) is 12.3 Å². The molecule has 4 aromatic heterocycles. The first-order chi connectivity index (χ1) is 11.8. The van der Waals surface area contributed by atoms with E-state index in [4.69, 9.17) is 12.2 Å². The Kier molecular flexibility index (Phi) is 3.75. The molecule has 0 radical (unpaired) electrons. The van der Waals surface area contributed by atoms with Crippen LogP contribution in [0.3, 0.4) is 0 Å². The highest BCUT2D eigenvalue weighted by molar-refractivity contribution is 7.80. The summed E-state index contributed by atoms with van der Waals surface area (Å²) in [7, 11) is 0. The molecule has 4 rings (SSSR count). The summed E-state index contributed by atoms with van der Waals surface area (Å²) in [5.41, 5.74) is 0. The van der Waals surface area contributed by atoms with Gasteiger partial charge in [-0.2, -0.15) is 0 Å². The van der Waals surface area contributed by atoms with E-state index in [9.17, 15) is 0 Å². The highest BCUT2D eigenvalue weighted by atomic mass is 32.1. The lowest BCUT2D eigenvalue weighted by Gasteiger charge is -2.28. The van der Waals surface area contributed by atoms with Crippen LogP contribution in [0.2, 0.25) is 0 Å². The molecule has 120 valence electrons. The van der Waals surface area contributed by atoms with Crippen LogP contribution in [-0.4, -0.2) is 43.1 Å². The Labute approximate surface area is 143 Å². The van der Waals surface area contributed by atoms with Crippen molar-refractivity contribution in [2.24, 2.45) is 0 Å². The molecule has 0 saturated heterocycles. The van der Waals surface area contributed by atoms with Gasteiger partial charge in [-0.25, -0.2) is 19.9 Å². The van der Waals surface area contributed by atoms with Crippen molar-refractivity contribution in [2.45, 2.75) is 12.3 Å². The molecule has 0 atom stereocenters. The molecule has 0 fully saturated rings. The fourth-order valence-corrected chi connectivity index (χ4v) is 3.17. The molecule has 0 aliphatic carbocycles. The molecule has 9 heteroatoms. The minimum Gasteiger partial charge on any atom is -0.311 e. The fourth-order valence-electron chi connectivity index (χ4n) is 2.69. The van der Waals surface area contributed by atoms with E-state index >= 15 is 0 Å². The van der Waals surface area contributed by atoms with Gasteiger partial charge in [0.05, 0.1) is 30.2 Å². The Morgan fingerprint density at radius 3 is 1.08 bits per heavy atom. The molecule has 24 heavy (non-hydrogen) atoms. The van der Waals surface area contributed by atoms with Crippen molar-refractivity contribution in [2.75, 3.05) is 0 Å². The van der Waals surface area contributed by atoms with Crippen LogP contribution in [0.1, 0.15) is 12.3 Å². The van der Waals surface area contributed by atoms with Gasteiger partial charge in [-0.15, -0.1) is 0 Å². The van der Waals surface area contributed by atoms with E-state index in [0.29, 0.717) is 0 Å². The second-order valence-corrected chi connectivity index (χ2v) is 5.66. The molecule has 4 heterocycles. The average molecular weight is 338 g/mol. The normalized spacial score (nSPS) is 11.4. The van der Waals surface area contributed by atoms with Crippen LogP contribution in [0.4, 0.5) is 0 Å². The summed E-state index contributed by atoms with van der Waals surface area (Å²) >= 11 is 5.89. The maximum atomic E-state index is 5.89. The second kappa shape index (κ2) is 6.20. The third kappa shape index (κ3) is 2.54. The van der Waals surface area contributed by atoms with Gasteiger partial charge in [-0.05, 0) is 0 Å². The topological polar surface area (TPSA) is 71.3 Å². The van der Waals surface area contributed by atoms with Crippen molar-refractivity contribution in [3.05, 3.63) is 74.9 Å². The Morgan fingerprint density at radius 1 is 0.583 bits per heavy atom. The SMILES string of the molecule is S=C(C(n1ccnc1)n1ccnc1)C(n1ccnc1)n1ccnc1. The maximum Gasteiger partial charge on any atom is 0.148 e. The Hall–Kier alpha value is -3.07. The number of hydrogen-bond donors (Lipinski definition) is 0. The predicted molar refractivity (Wildman–Crippen MR) is 90.4 cm³/mol. The minimum absolute atomic E-state index is 0.250. The van der Waals surface area contributed by atoms with E-state index in [1.807, 2.05) is 43.1 Å². The van der Waals surface area contributed by atoms with Crippen LogP contribution >= 0.6 is 12.2 Å². The number of thiocarbonyl (C=S) groups is 1. The molecule has 0 unspecified atom stereocenters. The monoisotopic (exact) mass is 338 g/mol. The van der Waals surface area contributed by atoms with Gasteiger partial charge in [0.2, 0.25) is 0 Å². The highest BCUT2D eigenvalue weighted by Crippen LogP contribution is 2.23. The summed E-state index contributed by atoms with van der Waals surface area (Å²) in [5.74, 6) is 0. The molecule has 4 aromatic rings. The van der Waals surface area contributed by atoms with E-state index < -0.39 is 0 Å². The van der Waals surface area contributed by atoms with Crippen LogP contribution in [-0.2, 0) is 0 Å². The van der Waals surface area contributed by atoms with Gasteiger partial charge < -0.3 is 18.3 Å². The number of hydrogen-bond acceptors (Lipinski definition) is 5. The summed E-state index contributed by atoms with van der Waals surface area (Å²) in [5, 5.41) is 0. The highest BCUT2D eigenvalue weighted by Gasteiger charge is 2.27. The summed E-state index contributed by atoms with van der Waals surface area (Å²) < 4.78 is 7.80. The quantitative estimate of drug-likeness (QED) is 0.500. The summed E-state index contributed by atoms with van der Waals surface area (Å²) in [6, 6.07) is 0. The van der Waals surface area contributed by atoms with Crippen LogP contribution in [0.25, 0.3) is 0 Å². The lowest BCUT2D eigenvalue weighted by Crippen LogP contribution is -2.34. The second-order valence-electron chi connectivity index (χ2n) is 5.19. The van der Waals surface area contributed by atoms with Crippen molar-refractivity contribution in [3.63, 3.8) is 0 Å².